The molecule has 10 rings (SSSR count). The molecule has 0 aromatic heterocycles. The zero-order valence-corrected chi connectivity index (χ0v) is 31.1. The van der Waals surface area contributed by atoms with Crippen molar-refractivity contribution in [2.24, 2.45) is 34.8 Å². The number of allylic oxidation sites excluding steroid dienone is 9. The molecule has 0 aliphatic heterocycles. The third-order valence-corrected chi connectivity index (χ3v) is 13.3. The largest absolute Gasteiger partial charge is 0.387 e. The van der Waals surface area contributed by atoms with Crippen molar-refractivity contribution < 1.29 is 0 Å². The van der Waals surface area contributed by atoms with Crippen LogP contribution in [0.4, 0.5) is 5.69 Å². The van der Waals surface area contributed by atoms with E-state index in [-0.39, 0.29) is 11.5 Å². The summed E-state index contributed by atoms with van der Waals surface area (Å²) in [6.07, 6.45) is 22.2. The van der Waals surface area contributed by atoms with Crippen molar-refractivity contribution in [2.75, 3.05) is 12.4 Å². The highest BCUT2D eigenvalue weighted by Crippen LogP contribution is 2.69. The zero-order valence-electron chi connectivity index (χ0n) is 31.1. The Balaban J connectivity index is 1.26. The Labute approximate surface area is 314 Å². The van der Waals surface area contributed by atoms with E-state index >= 15 is 0 Å². The van der Waals surface area contributed by atoms with Gasteiger partial charge in [-0.1, -0.05) is 153 Å². The lowest BCUT2D eigenvalue weighted by Gasteiger charge is -2.70. The van der Waals surface area contributed by atoms with Crippen LogP contribution in [0.5, 0.6) is 0 Å². The normalized spacial score (nSPS) is 25.4. The smallest absolute Gasteiger partial charge is 0.0497 e. The van der Waals surface area contributed by atoms with E-state index < -0.39 is 0 Å². The Hall–Kier alpha value is -5.18. The quantitative estimate of drug-likeness (QED) is 0.0853. The zero-order chi connectivity index (χ0) is 36.1. The van der Waals surface area contributed by atoms with Gasteiger partial charge in [-0.25, -0.2) is 0 Å². The van der Waals surface area contributed by atoms with Gasteiger partial charge >= 0.3 is 0 Å². The second-order valence-corrected chi connectivity index (χ2v) is 15.7. The van der Waals surface area contributed by atoms with Gasteiger partial charge in [-0.3, -0.25) is 0 Å². The maximum atomic E-state index is 7.23. The molecule has 3 N–H and O–H groups in total. The van der Waals surface area contributed by atoms with Crippen LogP contribution in [0.3, 0.4) is 0 Å². The van der Waals surface area contributed by atoms with Crippen molar-refractivity contribution in [1.82, 2.24) is 0 Å². The summed E-state index contributed by atoms with van der Waals surface area (Å²) < 4.78 is 0. The minimum Gasteiger partial charge on any atom is -0.387 e. The number of nitrogens with one attached hydrogen (secondary N) is 1. The van der Waals surface area contributed by atoms with Gasteiger partial charge in [0.1, 0.15) is 0 Å². The van der Waals surface area contributed by atoms with Crippen LogP contribution in [-0.4, -0.2) is 13.1 Å². The molecule has 0 heterocycles. The Kier molecular flexibility index (Phi) is 8.67. The molecule has 53 heavy (non-hydrogen) atoms. The Morgan fingerprint density at radius 3 is 2.04 bits per heavy atom. The second kappa shape index (κ2) is 13.7. The summed E-state index contributed by atoms with van der Waals surface area (Å²) in [4.78, 5) is 0. The average molecular weight is 691 g/mol. The SMILES string of the molecule is C=C/C(=C\C(=C/Cc1c2ccccc2c(NC)c2ccccc12)C1C[C@]2(C/C=C\CC)C(N)C3C1C=CCC32)c1c2ccccc2cc2ccccc12. The molecule has 6 aromatic rings. The number of rotatable bonds is 10. The summed E-state index contributed by atoms with van der Waals surface area (Å²) in [7, 11) is 2.04. The summed E-state index contributed by atoms with van der Waals surface area (Å²) in [6.45, 7) is 6.72. The Bertz CT molecular complexity index is 2400. The molecule has 3 fully saturated rings. The van der Waals surface area contributed by atoms with E-state index in [4.69, 9.17) is 5.73 Å². The minimum absolute atomic E-state index is 0.128. The van der Waals surface area contributed by atoms with Gasteiger partial charge in [0.15, 0.2) is 0 Å². The first-order valence-electron chi connectivity index (χ1n) is 19.7. The topological polar surface area (TPSA) is 38.0 Å². The van der Waals surface area contributed by atoms with Crippen molar-refractivity contribution in [3.05, 3.63) is 169 Å². The van der Waals surface area contributed by atoms with Crippen LogP contribution in [-0.2, 0) is 6.42 Å². The van der Waals surface area contributed by atoms with Gasteiger partial charge in [-0.2, -0.15) is 0 Å². The number of hydrogen-bond donors (Lipinski definition) is 2. The van der Waals surface area contributed by atoms with Crippen LogP contribution < -0.4 is 11.1 Å². The molecule has 4 aliphatic rings. The number of fused-ring (bicyclic) bond motifs is 5. The first kappa shape index (κ1) is 33.6. The Morgan fingerprint density at radius 1 is 0.830 bits per heavy atom. The van der Waals surface area contributed by atoms with Crippen LogP contribution >= 0.6 is 0 Å². The van der Waals surface area contributed by atoms with E-state index in [0.717, 1.165) is 32.1 Å². The third kappa shape index (κ3) is 5.33. The Morgan fingerprint density at radius 2 is 1.43 bits per heavy atom. The number of anilines is 1. The standard InChI is InChI=1S/C51H50N2/c1-4-6-15-29-51-32-45(42-25-16-26-46(51)48(42)50(51)52)36(27-28-41-39-21-11-13-23-43(39)49(53-3)44-24-14-12-22-40(41)44)30-33(5-2)47-37-19-9-7-17-34(37)31-35-18-8-10-20-38(35)47/h5-25,27,30-31,42,45-46,48,50,53H,2,4,26,28-29,32,52H2,1,3H3/b15-6-,33-30+,36-27+/t42?,45?,46?,48?,50?,51-/m0/s1. The molecule has 0 spiro atoms. The van der Waals surface area contributed by atoms with Gasteiger partial charge in [-0.05, 0) is 122 Å². The molecule has 4 bridgehead atoms. The molecule has 0 amide bonds. The maximum absolute atomic E-state index is 7.23. The monoisotopic (exact) mass is 690 g/mol. The molecule has 0 saturated heterocycles. The van der Waals surface area contributed by atoms with E-state index in [1.54, 1.807) is 0 Å². The molecule has 2 heteroatoms. The van der Waals surface area contributed by atoms with Gasteiger partial charge in [0.05, 0.1) is 0 Å². The van der Waals surface area contributed by atoms with Gasteiger partial charge in [0, 0.05) is 29.5 Å². The number of hydrogen-bond acceptors (Lipinski definition) is 2. The fraction of sp³-hybridized carbons (Fsp3) is 0.255. The lowest BCUT2D eigenvalue weighted by Crippen LogP contribution is -2.72. The molecule has 5 unspecified atom stereocenters. The summed E-state index contributed by atoms with van der Waals surface area (Å²) in [5, 5.41) is 13.8. The molecule has 3 saturated carbocycles. The predicted octanol–water partition coefficient (Wildman–Crippen LogP) is 12.6. The summed E-state index contributed by atoms with van der Waals surface area (Å²) in [5.41, 5.74) is 13.8. The number of nitrogens with two attached hydrogens (primary N) is 1. The first-order valence-corrected chi connectivity index (χ1v) is 19.7. The fourth-order valence-corrected chi connectivity index (χ4v) is 11.0. The average Bonchev–Trinajstić information content (AvgIpc) is 3.20. The first-order chi connectivity index (χ1) is 26.1. The second-order valence-electron chi connectivity index (χ2n) is 15.7. The van der Waals surface area contributed by atoms with Crippen molar-refractivity contribution in [2.45, 2.75) is 45.1 Å². The molecule has 4 aliphatic carbocycles. The van der Waals surface area contributed by atoms with Crippen molar-refractivity contribution in [3.63, 3.8) is 0 Å². The summed E-state index contributed by atoms with van der Waals surface area (Å²) >= 11 is 0. The molecule has 6 aromatic carbocycles. The van der Waals surface area contributed by atoms with Crippen molar-refractivity contribution >= 4 is 54.4 Å². The van der Waals surface area contributed by atoms with Crippen LogP contribution in [0.2, 0.25) is 0 Å². The van der Waals surface area contributed by atoms with Crippen molar-refractivity contribution in [3.8, 4) is 0 Å². The highest BCUT2D eigenvalue weighted by Gasteiger charge is 2.66. The minimum atomic E-state index is 0.128. The predicted molar refractivity (Wildman–Crippen MR) is 229 cm³/mol. The molecule has 264 valence electrons. The van der Waals surface area contributed by atoms with Gasteiger partial charge in [0.2, 0.25) is 0 Å². The van der Waals surface area contributed by atoms with Crippen LogP contribution in [0, 0.1) is 29.1 Å². The van der Waals surface area contributed by atoms with E-state index in [1.165, 1.54) is 71.1 Å². The van der Waals surface area contributed by atoms with Crippen LogP contribution in [0.1, 0.15) is 43.7 Å². The number of benzene rings is 6. The highest BCUT2D eigenvalue weighted by atomic mass is 14.9. The molecule has 0 radical (unpaired) electrons. The van der Waals surface area contributed by atoms with E-state index in [9.17, 15) is 0 Å². The fourth-order valence-electron chi connectivity index (χ4n) is 11.0. The molecule has 2 nitrogen and oxygen atoms in total. The summed E-state index contributed by atoms with van der Waals surface area (Å²) in [6, 6.07) is 38.0. The lowest BCUT2D eigenvalue weighted by molar-refractivity contribution is -0.158. The highest BCUT2D eigenvalue weighted by molar-refractivity contribution is 6.14. The molecular weight excluding hydrogens is 641 g/mol. The van der Waals surface area contributed by atoms with Gasteiger partial charge < -0.3 is 11.1 Å². The summed E-state index contributed by atoms with van der Waals surface area (Å²) in [5.74, 6) is 1.98. The van der Waals surface area contributed by atoms with Crippen LogP contribution in [0.25, 0.3) is 48.7 Å². The van der Waals surface area contributed by atoms with Gasteiger partial charge in [0.25, 0.3) is 0 Å². The molecule has 6 atom stereocenters. The molecular formula is C51H50N2. The van der Waals surface area contributed by atoms with Crippen LogP contribution in [0.15, 0.2) is 158 Å². The van der Waals surface area contributed by atoms with E-state index in [0.29, 0.717) is 23.7 Å². The van der Waals surface area contributed by atoms with Gasteiger partial charge in [-0.15, -0.1) is 0 Å². The maximum Gasteiger partial charge on any atom is 0.0497 e. The van der Waals surface area contributed by atoms with Crippen molar-refractivity contribution in [1.29, 1.82) is 0 Å². The van der Waals surface area contributed by atoms with E-state index in [2.05, 4.69) is 164 Å². The van der Waals surface area contributed by atoms with E-state index in [1.807, 2.05) is 7.05 Å². The third-order valence-electron chi connectivity index (χ3n) is 13.3. The lowest BCUT2D eigenvalue weighted by atomic mass is 9.36.